The molecule has 0 bridgehead atoms. The molecule has 1 aromatic carbocycles. The highest BCUT2D eigenvalue weighted by molar-refractivity contribution is 5.92. The lowest BCUT2D eigenvalue weighted by Gasteiger charge is -2.32. The van der Waals surface area contributed by atoms with E-state index in [0.29, 0.717) is 12.5 Å². The molecule has 1 aliphatic heterocycles. The van der Waals surface area contributed by atoms with Gasteiger partial charge in [-0.15, -0.1) is 0 Å². The summed E-state index contributed by atoms with van der Waals surface area (Å²) < 4.78 is 10.9. The van der Waals surface area contributed by atoms with E-state index in [1.165, 1.54) is 12.8 Å². The van der Waals surface area contributed by atoms with Crippen LogP contribution >= 0.6 is 0 Å². The minimum atomic E-state index is 0.144. The zero-order valence-corrected chi connectivity index (χ0v) is 13.0. The average Bonchev–Trinajstić information content (AvgIpc) is 3.39. The summed E-state index contributed by atoms with van der Waals surface area (Å²) in [6.07, 6.45) is 2.81. The van der Waals surface area contributed by atoms with Crippen molar-refractivity contribution in [2.75, 3.05) is 38.7 Å². The van der Waals surface area contributed by atoms with E-state index >= 15 is 0 Å². The van der Waals surface area contributed by atoms with Crippen LogP contribution in [0.3, 0.4) is 0 Å². The van der Waals surface area contributed by atoms with Gasteiger partial charge in [0.1, 0.15) is 5.75 Å². The molecule has 2 fully saturated rings. The molecule has 3 N–H and O–H groups in total. The number of nitrogens with two attached hydrogens (primary N) is 1. The van der Waals surface area contributed by atoms with E-state index in [2.05, 4.69) is 15.2 Å². The van der Waals surface area contributed by atoms with Gasteiger partial charge in [0, 0.05) is 24.8 Å². The Kier molecular flexibility index (Phi) is 4.80. The summed E-state index contributed by atoms with van der Waals surface area (Å²) >= 11 is 0. The normalized spacial score (nSPS) is 23.3. The van der Waals surface area contributed by atoms with Crippen LogP contribution in [-0.4, -0.2) is 56.4 Å². The van der Waals surface area contributed by atoms with Crippen LogP contribution in [0, 0.1) is 0 Å². The Morgan fingerprint density at radius 2 is 2.18 bits per heavy atom. The topological polar surface area (TPSA) is 72.1 Å². The summed E-state index contributed by atoms with van der Waals surface area (Å²) in [5.74, 6) is 1.23. The second-order valence-electron chi connectivity index (χ2n) is 5.80. The van der Waals surface area contributed by atoms with Gasteiger partial charge in [-0.05, 0) is 37.1 Å². The molecule has 0 spiro atoms. The molecule has 2 aliphatic rings. The molecule has 1 unspecified atom stereocenters. The number of aliphatic imine (C=N–C) groups is 1. The van der Waals surface area contributed by atoms with Gasteiger partial charge in [-0.1, -0.05) is 0 Å². The number of morpholine rings is 1. The average molecular weight is 304 g/mol. The molecule has 1 saturated carbocycles. The fraction of sp³-hybridized carbons (Fsp3) is 0.562. The molecule has 1 atom stereocenters. The SMILES string of the molecule is COc1ccc(NC(N)=NCC2CN(C3CC3)CCO2)cc1. The lowest BCUT2D eigenvalue weighted by Crippen LogP contribution is -2.45. The Labute approximate surface area is 131 Å². The molecule has 1 saturated heterocycles. The number of benzene rings is 1. The number of methoxy groups -OCH3 is 1. The van der Waals surface area contributed by atoms with Gasteiger partial charge < -0.3 is 20.5 Å². The first kappa shape index (κ1) is 15.1. The van der Waals surface area contributed by atoms with Crippen molar-refractivity contribution in [2.45, 2.75) is 25.0 Å². The zero-order chi connectivity index (χ0) is 15.4. The first-order valence-electron chi connectivity index (χ1n) is 7.81. The molecule has 1 aliphatic carbocycles. The number of hydrogen-bond donors (Lipinski definition) is 2. The number of ether oxygens (including phenoxy) is 2. The molecule has 3 rings (SSSR count). The van der Waals surface area contributed by atoms with Crippen LogP contribution in [-0.2, 0) is 4.74 Å². The maximum absolute atomic E-state index is 5.94. The predicted molar refractivity (Wildman–Crippen MR) is 87.4 cm³/mol. The Morgan fingerprint density at radius 3 is 2.86 bits per heavy atom. The Morgan fingerprint density at radius 1 is 1.41 bits per heavy atom. The lowest BCUT2D eigenvalue weighted by molar-refractivity contribution is -0.0258. The molecule has 1 aromatic rings. The van der Waals surface area contributed by atoms with Gasteiger partial charge in [-0.3, -0.25) is 9.89 Å². The monoisotopic (exact) mass is 304 g/mol. The van der Waals surface area contributed by atoms with Crippen molar-refractivity contribution in [1.29, 1.82) is 0 Å². The van der Waals surface area contributed by atoms with E-state index in [0.717, 1.165) is 37.2 Å². The van der Waals surface area contributed by atoms with E-state index in [1.807, 2.05) is 24.3 Å². The maximum atomic E-state index is 5.94. The van der Waals surface area contributed by atoms with E-state index in [9.17, 15) is 0 Å². The van der Waals surface area contributed by atoms with Gasteiger partial charge in [0.25, 0.3) is 0 Å². The van der Waals surface area contributed by atoms with Crippen molar-refractivity contribution in [3.05, 3.63) is 24.3 Å². The largest absolute Gasteiger partial charge is 0.497 e. The van der Waals surface area contributed by atoms with Crippen molar-refractivity contribution in [3.63, 3.8) is 0 Å². The van der Waals surface area contributed by atoms with Crippen molar-refractivity contribution in [2.24, 2.45) is 10.7 Å². The van der Waals surface area contributed by atoms with E-state index in [1.54, 1.807) is 7.11 Å². The molecular formula is C16H24N4O2. The molecule has 6 nitrogen and oxygen atoms in total. The highest BCUT2D eigenvalue weighted by atomic mass is 16.5. The second-order valence-corrected chi connectivity index (χ2v) is 5.80. The summed E-state index contributed by atoms with van der Waals surface area (Å²) in [5.41, 5.74) is 6.83. The number of nitrogens with zero attached hydrogens (tertiary/aromatic N) is 2. The summed E-state index contributed by atoms with van der Waals surface area (Å²) in [6, 6.07) is 8.37. The third kappa shape index (κ3) is 4.11. The molecule has 22 heavy (non-hydrogen) atoms. The second kappa shape index (κ2) is 6.98. The summed E-state index contributed by atoms with van der Waals surface area (Å²) in [5, 5.41) is 3.08. The van der Waals surface area contributed by atoms with Crippen LogP contribution in [0.15, 0.2) is 29.3 Å². The van der Waals surface area contributed by atoms with Gasteiger partial charge in [0.15, 0.2) is 5.96 Å². The number of nitrogens with one attached hydrogen (secondary N) is 1. The van der Waals surface area contributed by atoms with Gasteiger partial charge in [-0.25, -0.2) is 0 Å². The van der Waals surface area contributed by atoms with E-state index < -0.39 is 0 Å². The van der Waals surface area contributed by atoms with Crippen LogP contribution in [0.4, 0.5) is 5.69 Å². The van der Waals surface area contributed by atoms with Gasteiger partial charge in [0.2, 0.25) is 0 Å². The third-order valence-corrected chi connectivity index (χ3v) is 4.06. The molecule has 0 aromatic heterocycles. The van der Waals surface area contributed by atoms with Crippen molar-refractivity contribution in [3.8, 4) is 5.75 Å². The van der Waals surface area contributed by atoms with Crippen molar-refractivity contribution >= 4 is 11.6 Å². The Hall–Kier alpha value is -1.79. The smallest absolute Gasteiger partial charge is 0.193 e. The van der Waals surface area contributed by atoms with Crippen LogP contribution in [0.5, 0.6) is 5.75 Å². The molecule has 1 heterocycles. The number of hydrogen-bond acceptors (Lipinski definition) is 4. The quantitative estimate of drug-likeness (QED) is 0.633. The minimum absolute atomic E-state index is 0.144. The number of rotatable bonds is 5. The number of guanidine groups is 1. The zero-order valence-electron chi connectivity index (χ0n) is 13.0. The summed E-state index contributed by atoms with van der Waals surface area (Å²) in [7, 11) is 1.65. The third-order valence-electron chi connectivity index (χ3n) is 4.06. The van der Waals surface area contributed by atoms with Crippen LogP contribution in [0.2, 0.25) is 0 Å². The fourth-order valence-electron chi connectivity index (χ4n) is 2.69. The van der Waals surface area contributed by atoms with Crippen molar-refractivity contribution in [1.82, 2.24) is 4.90 Å². The molecule has 0 radical (unpaired) electrons. The van der Waals surface area contributed by atoms with Crippen molar-refractivity contribution < 1.29 is 9.47 Å². The van der Waals surface area contributed by atoms with Crippen LogP contribution in [0.1, 0.15) is 12.8 Å². The molecule has 0 amide bonds. The minimum Gasteiger partial charge on any atom is -0.497 e. The highest BCUT2D eigenvalue weighted by Gasteiger charge is 2.32. The molecular weight excluding hydrogens is 280 g/mol. The van der Waals surface area contributed by atoms with Gasteiger partial charge >= 0.3 is 0 Å². The van der Waals surface area contributed by atoms with E-state index in [-0.39, 0.29) is 6.10 Å². The van der Waals surface area contributed by atoms with E-state index in [4.69, 9.17) is 15.2 Å². The standard InChI is InChI=1S/C16H24N4O2/c1-21-14-6-2-12(3-7-14)19-16(17)18-10-15-11-20(8-9-22-15)13-4-5-13/h2-3,6-7,13,15H,4-5,8-11H2,1H3,(H3,17,18,19). The Bertz CT molecular complexity index is 513. The number of anilines is 1. The van der Waals surface area contributed by atoms with Gasteiger partial charge in [-0.2, -0.15) is 0 Å². The van der Waals surface area contributed by atoms with Crippen LogP contribution < -0.4 is 15.8 Å². The summed E-state index contributed by atoms with van der Waals surface area (Å²) in [4.78, 5) is 6.91. The molecule has 120 valence electrons. The lowest BCUT2D eigenvalue weighted by atomic mass is 10.2. The van der Waals surface area contributed by atoms with Crippen LogP contribution in [0.25, 0.3) is 0 Å². The first-order valence-corrected chi connectivity index (χ1v) is 7.81. The molecule has 6 heteroatoms. The summed E-state index contributed by atoms with van der Waals surface area (Å²) in [6.45, 7) is 3.40. The maximum Gasteiger partial charge on any atom is 0.193 e. The fourth-order valence-corrected chi connectivity index (χ4v) is 2.69. The highest BCUT2D eigenvalue weighted by Crippen LogP contribution is 2.28. The predicted octanol–water partition coefficient (Wildman–Crippen LogP) is 1.28. The van der Waals surface area contributed by atoms with Gasteiger partial charge in [0.05, 0.1) is 26.4 Å². The Balaban J connectivity index is 1.48. The first-order chi connectivity index (χ1) is 10.7.